The first-order valence-electron chi connectivity index (χ1n) is 17.8. The molecule has 0 aromatic heterocycles. The van der Waals surface area contributed by atoms with Gasteiger partial charge in [-0.2, -0.15) is 13.2 Å². The number of nitrogens with one attached hydrogen (secondary N) is 1. The van der Waals surface area contributed by atoms with Crippen LogP contribution in [0.2, 0.25) is 0 Å². The van der Waals surface area contributed by atoms with Crippen LogP contribution in [0.4, 0.5) is 18.9 Å². The number of fused-ring (bicyclic) bond motifs is 3. The third-order valence-corrected chi connectivity index (χ3v) is 11.6. The second-order valence-corrected chi connectivity index (χ2v) is 15.0. The lowest BCUT2D eigenvalue weighted by atomic mass is 9.69. The highest BCUT2D eigenvalue weighted by molar-refractivity contribution is 7.99. The van der Waals surface area contributed by atoms with Crippen molar-refractivity contribution in [2.24, 2.45) is 0 Å². The number of hydrogen-bond donors (Lipinski definition) is 1. The minimum atomic E-state index is -4.50. The maximum atomic E-state index is 13.9. The van der Waals surface area contributed by atoms with Gasteiger partial charge in [-0.15, -0.1) is 0 Å². The molecule has 0 saturated carbocycles. The van der Waals surface area contributed by atoms with Crippen LogP contribution in [0.3, 0.4) is 0 Å². The third kappa shape index (κ3) is 7.53. The summed E-state index contributed by atoms with van der Waals surface area (Å²) in [7, 11) is 0. The van der Waals surface area contributed by atoms with E-state index in [0.29, 0.717) is 19.4 Å². The van der Waals surface area contributed by atoms with Gasteiger partial charge in [0.15, 0.2) is 0 Å². The molecule has 7 rings (SSSR count). The smallest absolute Gasteiger partial charge is 0.369 e. The maximum absolute atomic E-state index is 13.9. The monoisotopic (exact) mass is 712 g/mol. The Labute approximate surface area is 302 Å². The van der Waals surface area contributed by atoms with Crippen molar-refractivity contribution in [1.82, 2.24) is 15.1 Å². The van der Waals surface area contributed by atoms with E-state index < -0.39 is 24.0 Å². The van der Waals surface area contributed by atoms with E-state index in [-0.39, 0.29) is 5.91 Å². The van der Waals surface area contributed by atoms with Crippen LogP contribution in [0.15, 0.2) is 101 Å². The lowest BCUT2D eigenvalue weighted by Crippen LogP contribution is -2.49. The molecule has 6 nitrogen and oxygen atoms in total. The number of piperazine rings is 1. The van der Waals surface area contributed by atoms with Gasteiger partial charge in [-0.1, -0.05) is 90.5 Å². The lowest BCUT2D eigenvalue weighted by molar-refractivity contribution is -0.141. The van der Waals surface area contributed by atoms with Crippen molar-refractivity contribution in [3.63, 3.8) is 0 Å². The number of benzene rings is 4. The molecule has 1 saturated heterocycles. The molecule has 1 fully saturated rings. The zero-order chi connectivity index (χ0) is 35.6. The van der Waals surface area contributed by atoms with Crippen LogP contribution in [0.25, 0.3) is 0 Å². The third-order valence-electron chi connectivity index (χ3n) is 10.5. The Morgan fingerprint density at radius 1 is 0.843 bits per heavy atom. The van der Waals surface area contributed by atoms with Crippen LogP contribution in [-0.4, -0.2) is 73.6 Å². The normalized spacial score (nSPS) is 17.1. The summed E-state index contributed by atoms with van der Waals surface area (Å²) in [5, 5.41) is 2.25. The number of halogens is 3. The zero-order valence-electron chi connectivity index (χ0n) is 28.8. The molecule has 10 heteroatoms. The van der Waals surface area contributed by atoms with Crippen molar-refractivity contribution in [1.29, 1.82) is 0 Å². The van der Waals surface area contributed by atoms with E-state index in [1.165, 1.54) is 5.56 Å². The van der Waals surface area contributed by atoms with Crippen molar-refractivity contribution in [2.75, 3.05) is 50.7 Å². The quantitative estimate of drug-likeness (QED) is 0.172. The van der Waals surface area contributed by atoms with Crippen molar-refractivity contribution in [2.45, 2.75) is 60.5 Å². The second kappa shape index (κ2) is 14.8. The number of carbonyl (C=O) groups is 2. The molecule has 0 aliphatic carbocycles. The molecule has 4 aromatic rings. The molecule has 4 aromatic carbocycles. The van der Waals surface area contributed by atoms with Crippen LogP contribution in [0.1, 0.15) is 57.4 Å². The van der Waals surface area contributed by atoms with E-state index in [1.807, 2.05) is 59.5 Å². The van der Waals surface area contributed by atoms with Crippen LogP contribution >= 0.6 is 11.8 Å². The summed E-state index contributed by atoms with van der Waals surface area (Å²) in [6.07, 6.45) is -1.75. The van der Waals surface area contributed by atoms with Gasteiger partial charge in [0.25, 0.3) is 5.91 Å². The molecule has 3 heterocycles. The summed E-state index contributed by atoms with van der Waals surface area (Å²) < 4.78 is 39.9. The first-order valence-corrected chi connectivity index (χ1v) is 18.6. The molecular weight excluding hydrogens is 670 g/mol. The van der Waals surface area contributed by atoms with E-state index in [4.69, 9.17) is 0 Å². The fourth-order valence-corrected chi connectivity index (χ4v) is 9.12. The first-order chi connectivity index (χ1) is 24.6. The summed E-state index contributed by atoms with van der Waals surface area (Å²) in [5.41, 5.74) is 5.63. The van der Waals surface area contributed by atoms with Crippen molar-refractivity contribution >= 4 is 29.3 Å². The van der Waals surface area contributed by atoms with Gasteiger partial charge < -0.3 is 15.1 Å². The number of alkyl halides is 3. The summed E-state index contributed by atoms with van der Waals surface area (Å²) in [5.74, 6) is -0.514. The van der Waals surface area contributed by atoms with E-state index in [1.54, 1.807) is 11.8 Å². The van der Waals surface area contributed by atoms with E-state index >= 15 is 0 Å². The van der Waals surface area contributed by atoms with Crippen LogP contribution < -0.4 is 10.2 Å². The molecule has 0 atom stereocenters. The minimum Gasteiger partial charge on any atom is -0.369 e. The van der Waals surface area contributed by atoms with E-state index in [0.717, 1.165) is 95.4 Å². The summed E-state index contributed by atoms with van der Waals surface area (Å²) >= 11 is 1.56. The Hall–Kier alpha value is -4.28. The molecule has 3 aliphatic heterocycles. The summed E-state index contributed by atoms with van der Waals surface area (Å²) in [6, 6.07) is 29.8. The van der Waals surface area contributed by atoms with Gasteiger partial charge in [0.1, 0.15) is 12.0 Å². The molecule has 3 aliphatic rings. The first kappa shape index (κ1) is 35.1. The van der Waals surface area contributed by atoms with Crippen LogP contribution in [0.5, 0.6) is 0 Å². The van der Waals surface area contributed by atoms with Crippen molar-refractivity contribution in [3.8, 4) is 0 Å². The highest BCUT2D eigenvalue weighted by atomic mass is 32.2. The van der Waals surface area contributed by atoms with E-state index in [2.05, 4.69) is 58.4 Å². The molecule has 51 heavy (non-hydrogen) atoms. The molecular formula is C41H43F3N4O2S. The Morgan fingerprint density at radius 3 is 2.24 bits per heavy atom. The molecule has 0 spiro atoms. The fraction of sp³-hybridized carbons (Fsp3) is 0.366. The van der Waals surface area contributed by atoms with Gasteiger partial charge >= 0.3 is 6.18 Å². The standard InChI is InChI=1S/C41H43F3N4O2S/c1-29-9-8-10-30(25-29)27-48-20-17-31-15-16-32(26-33(31)38(48)49)47-23-21-46(22-24-47)19-7-6-18-40(39(50)45-28-41(42,43)44)34-11-2-4-13-36(34)51-37-14-5-3-12-35(37)40/h2-5,8-16,25-26H,6-7,17-24,27-28H2,1H3,(H,45,50). The summed E-state index contributed by atoms with van der Waals surface area (Å²) in [4.78, 5) is 36.0. The van der Waals surface area contributed by atoms with E-state index in [9.17, 15) is 22.8 Å². The number of amides is 2. The van der Waals surface area contributed by atoms with Gasteiger partial charge in [0, 0.05) is 60.3 Å². The van der Waals surface area contributed by atoms with Crippen molar-refractivity contribution in [3.05, 3.63) is 124 Å². The fourth-order valence-electron chi connectivity index (χ4n) is 7.88. The highest BCUT2D eigenvalue weighted by Gasteiger charge is 2.47. The van der Waals surface area contributed by atoms with Gasteiger partial charge in [0.05, 0.1) is 0 Å². The topological polar surface area (TPSA) is 55.9 Å². The summed E-state index contributed by atoms with van der Waals surface area (Å²) in [6.45, 7) is 6.27. The second-order valence-electron chi connectivity index (χ2n) is 13.9. The molecule has 266 valence electrons. The van der Waals surface area contributed by atoms with Gasteiger partial charge in [0.2, 0.25) is 5.91 Å². The molecule has 0 radical (unpaired) electrons. The van der Waals surface area contributed by atoms with Crippen LogP contribution in [0, 0.1) is 6.92 Å². The number of hydrogen-bond acceptors (Lipinski definition) is 5. The highest BCUT2D eigenvalue weighted by Crippen LogP contribution is 2.51. The average Bonchev–Trinajstić information content (AvgIpc) is 3.13. The maximum Gasteiger partial charge on any atom is 0.405 e. The lowest BCUT2D eigenvalue weighted by Gasteiger charge is -2.40. The Kier molecular flexibility index (Phi) is 10.2. The average molecular weight is 713 g/mol. The largest absolute Gasteiger partial charge is 0.405 e. The minimum absolute atomic E-state index is 0.0879. The van der Waals surface area contributed by atoms with Gasteiger partial charge in [-0.25, -0.2) is 0 Å². The number of rotatable bonds is 10. The van der Waals surface area contributed by atoms with Crippen molar-refractivity contribution < 1.29 is 22.8 Å². The van der Waals surface area contributed by atoms with Crippen LogP contribution in [-0.2, 0) is 23.2 Å². The Morgan fingerprint density at radius 2 is 1.55 bits per heavy atom. The molecule has 2 amide bonds. The Bertz CT molecular complexity index is 1860. The molecule has 0 bridgehead atoms. The molecule has 1 N–H and O–H groups in total. The molecule has 0 unspecified atom stereocenters. The number of carbonyl (C=O) groups excluding carboxylic acids is 2. The van der Waals surface area contributed by atoms with Gasteiger partial charge in [-0.05, 0) is 79.3 Å². The zero-order valence-corrected chi connectivity index (χ0v) is 29.7. The number of aryl methyl sites for hydroxylation is 1. The van der Waals surface area contributed by atoms with Gasteiger partial charge in [-0.3, -0.25) is 14.5 Å². The predicted octanol–water partition coefficient (Wildman–Crippen LogP) is 7.62. The predicted molar refractivity (Wildman–Crippen MR) is 195 cm³/mol. The number of anilines is 1. The number of nitrogens with zero attached hydrogens (tertiary/aromatic N) is 3. The Balaban J connectivity index is 0.981. The number of unbranched alkanes of at least 4 members (excludes halogenated alkanes) is 1. The SMILES string of the molecule is Cc1cccc(CN2CCc3ccc(N4CCN(CCCCC5(C(=O)NCC(F)(F)F)c6ccccc6Sc6ccccc65)CC4)cc3C2=O)c1.